The summed E-state index contributed by atoms with van der Waals surface area (Å²) in [7, 11) is 1.54. The number of ether oxygens (including phenoxy) is 2. The summed E-state index contributed by atoms with van der Waals surface area (Å²) in [5, 5.41) is 20.1. The minimum Gasteiger partial charge on any atom is -0.493 e. The number of rotatable bonds is 8. The lowest BCUT2D eigenvalue weighted by molar-refractivity contribution is 0.0694. The molecule has 0 radical (unpaired) electrons. The number of pyridine rings is 1. The Bertz CT molecular complexity index is 1050. The monoisotopic (exact) mass is 411 g/mol. The molecule has 8 heteroatoms. The van der Waals surface area contributed by atoms with E-state index in [4.69, 9.17) is 14.7 Å². The number of aromatic carboxylic acids is 1. The summed E-state index contributed by atoms with van der Waals surface area (Å²) >= 11 is 0. The first-order valence-electron chi connectivity index (χ1n) is 9.82. The quantitative estimate of drug-likeness (QED) is 0.666. The lowest BCUT2D eigenvalue weighted by Gasteiger charge is -2.36. The predicted molar refractivity (Wildman–Crippen MR) is 112 cm³/mol. The van der Waals surface area contributed by atoms with Gasteiger partial charge < -0.3 is 19.6 Å². The smallest absolute Gasteiger partial charge is 0.341 e. The second-order valence-corrected chi connectivity index (χ2v) is 7.60. The number of nitrogens with zero attached hydrogens (tertiary/aromatic N) is 3. The lowest BCUT2D eigenvalue weighted by atomic mass is 9.99. The van der Waals surface area contributed by atoms with Crippen molar-refractivity contribution in [1.29, 1.82) is 5.26 Å². The summed E-state index contributed by atoms with van der Waals surface area (Å²) < 4.78 is 13.1. The molecule has 0 fully saturated rings. The molecule has 1 aliphatic heterocycles. The minimum absolute atomic E-state index is 0.264. The van der Waals surface area contributed by atoms with Crippen LogP contribution in [0.1, 0.15) is 42.6 Å². The van der Waals surface area contributed by atoms with Gasteiger partial charge >= 0.3 is 5.97 Å². The number of hydrogen-bond acceptors (Lipinski definition) is 6. The fraction of sp³-hybridized carbons (Fsp3) is 0.409. The molecule has 1 N–H and O–H groups in total. The predicted octanol–water partition coefficient (Wildman–Crippen LogP) is 3.01. The van der Waals surface area contributed by atoms with Crippen molar-refractivity contribution in [1.82, 2.24) is 4.68 Å². The maximum absolute atomic E-state index is 12.4. The zero-order chi connectivity index (χ0) is 21.8. The third kappa shape index (κ3) is 4.25. The van der Waals surface area contributed by atoms with Crippen LogP contribution in [0.4, 0.5) is 0 Å². The van der Waals surface area contributed by atoms with Crippen LogP contribution in [-0.4, -0.2) is 36.0 Å². The maximum Gasteiger partial charge on any atom is 0.341 e. The van der Waals surface area contributed by atoms with Crippen LogP contribution in [0.2, 0.25) is 0 Å². The number of hydrogen-bond donors (Lipinski definition) is 1. The van der Waals surface area contributed by atoms with Crippen LogP contribution in [0.3, 0.4) is 0 Å². The van der Waals surface area contributed by atoms with E-state index < -0.39 is 11.4 Å². The van der Waals surface area contributed by atoms with Gasteiger partial charge in [-0.05, 0) is 30.0 Å². The van der Waals surface area contributed by atoms with E-state index >= 15 is 0 Å². The zero-order valence-electron chi connectivity index (χ0n) is 17.3. The normalized spacial score (nSPS) is 12.2. The Morgan fingerprint density at radius 2 is 2.07 bits per heavy atom. The highest BCUT2D eigenvalue weighted by atomic mass is 16.5. The Kier molecular flexibility index (Phi) is 6.31. The van der Waals surface area contributed by atoms with Crippen molar-refractivity contribution in [2.75, 3.05) is 25.3 Å². The highest BCUT2D eigenvalue weighted by molar-refractivity contribution is 5.88. The van der Waals surface area contributed by atoms with Crippen LogP contribution in [0.5, 0.6) is 11.5 Å². The number of aromatic nitrogens is 1. The van der Waals surface area contributed by atoms with Crippen LogP contribution in [0.15, 0.2) is 29.2 Å². The molecular formula is C22H25N3O5. The number of carboxylic acids is 1. The van der Waals surface area contributed by atoms with Gasteiger partial charge in [0.15, 0.2) is 16.9 Å². The van der Waals surface area contributed by atoms with E-state index in [0.717, 1.165) is 11.1 Å². The number of nitriles is 1. The molecule has 0 spiro atoms. The molecule has 0 bridgehead atoms. The molecule has 0 atom stereocenters. The van der Waals surface area contributed by atoms with Crippen LogP contribution in [0, 0.1) is 17.2 Å². The van der Waals surface area contributed by atoms with Crippen LogP contribution in [-0.2, 0) is 6.54 Å². The van der Waals surface area contributed by atoms with E-state index in [9.17, 15) is 14.7 Å². The summed E-state index contributed by atoms with van der Waals surface area (Å²) in [5.74, 6) is 0.178. The summed E-state index contributed by atoms with van der Waals surface area (Å²) in [4.78, 5) is 23.9. The molecule has 0 aliphatic carbocycles. The van der Waals surface area contributed by atoms with Gasteiger partial charge in [0.25, 0.3) is 0 Å². The van der Waals surface area contributed by atoms with Crippen molar-refractivity contribution in [3.63, 3.8) is 0 Å². The molecule has 0 unspecified atom stereocenters. The van der Waals surface area contributed by atoms with Crippen LogP contribution in [0.25, 0.3) is 11.3 Å². The van der Waals surface area contributed by atoms with Crippen LogP contribution < -0.4 is 19.9 Å². The van der Waals surface area contributed by atoms with Gasteiger partial charge in [0.05, 0.1) is 32.0 Å². The Hall–Kier alpha value is -3.47. The Morgan fingerprint density at radius 3 is 2.70 bits per heavy atom. The molecule has 2 aromatic rings. The fourth-order valence-corrected chi connectivity index (χ4v) is 3.54. The summed E-state index contributed by atoms with van der Waals surface area (Å²) in [6, 6.07) is 7.16. The molecule has 2 heterocycles. The number of unbranched alkanes of at least 4 members (excludes halogenated alkanes) is 1. The highest BCUT2D eigenvalue weighted by Gasteiger charge is 2.26. The molecule has 1 aromatic carbocycles. The van der Waals surface area contributed by atoms with Gasteiger partial charge in [0, 0.05) is 30.8 Å². The lowest BCUT2D eigenvalue weighted by Crippen LogP contribution is -2.41. The summed E-state index contributed by atoms with van der Waals surface area (Å²) in [6.45, 7) is 5.76. The molecule has 3 rings (SSSR count). The van der Waals surface area contributed by atoms with Gasteiger partial charge in [-0.1, -0.05) is 13.8 Å². The van der Waals surface area contributed by atoms with Gasteiger partial charge in [-0.25, -0.2) is 4.79 Å². The van der Waals surface area contributed by atoms with E-state index in [1.807, 2.05) is 17.1 Å². The Balaban J connectivity index is 2.10. The van der Waals surface area contributed by atoms with Crippen LogP contribution >= 0.6 is 0 Å². The van der Waals surface area contributed by atoms with E-state index in [1.165, 1.54) is 12.3 Å². The number of carboxylic acid groups (broad SMARTS) is 1. The van der Waals surface area contributed by atoms with Crippen molar-refractivity contribution < 1.29 is 19.4 Å². The SMILES string of the molecule is COc1cc2c(cc1OCCCC#N)CN(CC(C)C)n1cc(C(=O)O)c(=O)cc1-2. The Labute approximate surface area is 174 Å². The number of carbonyl (C=O) groups is 1. The van der Waals surface area contributed by atoms with Gasteiger partial charge in [0.1, 0.15) is 5.56 Å². The second kappa shape index (κ2) is 8.91. The Morgan fingerprint density at radius 1 is 1.30 bits per heavy atom. The molecule has 0 amide bonds. The number of fused-ring (bicyclic) bond motifs is 3. The number of methoxy groups -OCH3 is 1. The van der Waals surface area contributed by atoms with Gasteiger partial charge in [-0.15, -0.1) is 0 Å². The first-order chi connectivity index (χ1) is 14.3. The molecule has 158 valence electrons. The van der Waals surface area contributed by atoms with Crippen molar-refractivity contribution in [3.8, 4) is 28.8 Å². The molecule has 0 saturated carbocycles. The largest absolute Gasteiger partial charge is 0.493 e. The second-order valence-electron chi connectivity index (χ2n) is 7.60. The molecule has 30 heavy (non-hydrogen) atoms. The third-order valence-corrected chi connectivity index (χ3v) is 4.85. The average molecular weight is 411 g/mol. The topological polar surface area (TPSA) is 105 Å². The van der Waals surface area contributed by atoms with E-state index in [2.05, 4.69) is 19.9 Å². The molecule has 8 nitrogen and oxygen atoms in total. The van der Waals surface area contributed by atoms with Crippen molar-refractivity contribution in [2.24, 2.45) is 5.92 Å². The van der Waals surface area contributed by atoms with E-state index in [-0.39, 0.29) is 5.56 Å². The van der Waals surface area contributed by atoms with Gasteiger partial charge in [-0.3, -0.25) is 9.47 Å². The summed E-state index contributed by atoms with van der Waals surface area (Å²) in [5.41, 5.74) is 1.56. The van der Waals surface area contributed by atoms with Crippen molar-refractivity contribution in [2.45, 2.75) is 33.2 Å². The molecule has 0 saturated heterocycles. The maximum atomic E-state index is 12.4. The van der Waals surface area contributed by atoms with E-state index in [1.54, 1.807) is 11.8 Å². The fourth-order valence-electron chi connectivity index (χ4n) is 3.54. The highest BCUT2D eigenvalue weighted by Crippen LogP contribution is 2.38. The number of benzene rings is 1. The standard InChI is InChI=1S/C22H25N3O5/c1-14(2)11-24-12-15-8-21(30-7-5-4-6-23)20(29-3)9-16(15)18-10-19(26)17(22(27)28)13-25(18)24/h8-10,13-14H,4-5,7,11-12H2,1-3H3,(H,27,28). The molecular weight excluding hydrogens is 386 g/mol. The van der Waals surface area contributed by atoms with Gasteiger partial charge in [0.2, 0.25) is 0 Å². The minimum atomic E-state index is -1.25. The van der Waals surface area contributed by atoms with Gasteiger partial charge in [-0.2, -0.15) is 5.26 Å². The summed E-state index contributed by atoms with van der Waals surface area (Å²) in [6.07, 6.45) is 2.42. The molecule has 1 aromatic heterocycles. The zero-order valence-corrected chi connectivity index (χ0v) is 17.3. The van der Waals surface area contributed by atoms with Crippen molar-refractivity contribution >= 4 is 5.97 Å². The first kappa shape index (κ1) is 21.2. The first-order valence-corrected chi connectivity index (χ1v) is 9.82. The van der Waals surface area contributed by atoms with E-state index in [0.29, 0.717) is 55.6 Å². The molecule has 1 aliphatic rings. The average Bonchev–Trinajstić information content (AvgIpc) is 2.69. The van der Waals surface area contributed by atoms with Crippen molar-refractivity contribution in [3.05, 3.63) is 45.7 Å². The third-order valence-electron chi connectivity index (χ3n) is 4.85.